The van der Waals surface area contributed by atoms with E-state index in [1.54, 1.807) is 7.11 Å². The second-order valence-electron chi connectivity index (χ2n) is 5.26. The Morgan fingerprint density at radius 2 is 2.38 bits per heavy atom. The number of nitrogens with one attached hydrogen (secondary N) is 1. The second-order valence-corrected chi connectivity index (χ2v) is 5.26. The smallest absolute Gasteiger partial charge is 0.322 e. The summed E-state index contributed by atoms with van der Waals surface area (Å²) in [5.74, 6) is 0. The lowest BCUT2D eigenvalue weighted by Crippen LogP contribution is -2.50. The quantitative estimate of drug-likeness (QED) is 0.928. The van der Waals surface area contributed by atoms with E-state index >= 15 is 0 Å². The van der Waals surface area contributed by atoms with Gasteiger partial charge in [0.15, 0.2) is 0 Å². The van der Waals surface area contributed by atoms with Gasteiger partial charge in [-0.25, -0.2) is 4.79 Å². The van der Waals surface area contributed by atoms with Crippen LogP contribution in [0.25, 0.3) is 0 Å². The third-order valence-corrected chi connectivity index (χ3v) is 3.92. The summed E-state index contributed by atoms with van der Waals surface area (Å²) in [6.45, 7) is 5.91. The van der Waals surface area contributed by atoms with Gasteiger partial charge in [0.05, 0.1) is 25.4 Å². The molecule has 0 unspecified atom stereocenters. The van der Waals surface area contributed by atoms with E-state index in [-0.39, 0.29) is 18.2 Å². The molecule has 2 rings (SSSR count). The highest BCUT2D eigenvalue weighted by Gasteiger charge is 2.25. The summed E-state index contributed by atoms with van der Waals surface area (Å²) >= 11 is 0. The van der Waals surface area contributed by atoms with Gasteiger partial charge < -0.3 is 19.7 Å². The van der Waals surface area contributed by atoms with Crippen LogP contribution in [0.3, 0.4) is 0 Å². The molecule has 0 bridgehead atoms. The molecular weight excluding hydrogens is 268 g/mol. The maximum atomic E-state index is 12.4. The molecule has 1 aromatic carbocycles. The van der Waals surface area contributed by atoms with E-state index < -0.39 is 0 Å². The van der Waals surface area contributed by atoms with E-state index in [9.17, 15) is 4.79 Å². The third-order valence-electron chi connectivity index (χ3n) is 3.92. The number of hydrogen-bond donors (Lipinski definition) is 1. The minimum atomic E-state index is -0.0626. The fraction of sp³-hybridized carbons (Fsp3) is 0.562. The van der Waals surface area contributed by atoms with Crippen molar-refractivity contribution in [2.24, 2.45) is 0 Å². The number of urea groups is 1. The number of carbonyl (C=O) groups excluding carboxylic acids is 1. The van der Waals surface area contributed by atoms with Crippen LogP contribution in [-0.4, -0.2) is 43.8 Å². The molecule has 1 aliphatic rings. The van der Waals surface area contributed by atoms with E-state index in [0.717, 1.165) is 17.7 Å². The van der Waals surface area contributed by atoms with Crippen molar-refractivity contribution in [1.82, 2.24) is 4.90 Å². The fourth-order valence-electron chi connectivity index (χ4n) is 2.46. The highest BCUT2D eigenvalue weighted by molar-refractivity contribution is 5.89. The maximum Gasteiger partial charge on any atom is 0.322 e. The van der Waals surface area contributed by atoms with Crippen molar-refractivity contribution in [2.75, 3.05) is 32.2 Å². The van der Waals surface area contributed by atoms with Gasteiger partial charge >= 0.3 is 6.03 Å². The lowest BCUT2D eigenvalue weighted by molar-refractivity contribution is 0.0144. The maximum absolute atomic E-state index is 12.4. The standard InChI is InChI=1S/C16H24N2O3/c1-4-15-11-21-9-8-18(15)16(19)17-14-7-5-6-13(10-14)12(2)20-3/h5-7,10,12,15H,4,8-9,11H2,1-3H3,(H,17,19)/t12-,15-/m1/s1. The third kappa shape index (κ3) is 3.95. The zero-order valence-corrected chi connectivity index (χ0v) is 13.0. The van der Waals surface area contributed by atoms with Crippen molar-refractivity contribution in [1.29, 1.82) is 0 Å². The van der Waals surface area contributed by atoms with Crippen LogP contribution in [-0.2, 0) is 9.47 Å². The SMILES string of the molecule is CC[C@@H]1COCCN1C(=O)Nc1cccc([C@@H](C)OC)c1. The molecular formula is C16H24N2O3. The number of ether oxygens (including phenoxy) is 2. The van der Waals surface area contributed by atoms with Crippen molar-refractivity contribution in [3.05, 3.63) is 29.8 Å². The number of methoxy groups -OCH3 is 1. The van der Waals surface area contributed by atoms with Crippen molar-refractivity contribution < 1.29 is 14.3 Å². The van der Waals surface area contributed by atoms with Gasteiger partial charge in [0, 0.05) is 19.3 Å². The van der Waals surface area contributed by atoms with Crippen LogP contribution in [0.4, 0.5) is 10.5 Å². The number of anilines is 1. The topological polar surface area (TPSA) is 50.8 Å². The number of hydrogen-bond acceptors (Lipinski definition) is 3. The Labute approximate surface area is 126 Å². The van der Waals surface area contributed by atoms with Gasteiger partial charge in [-0.1, -0.05) is 19.1 Å². The van der Waals surface area contributed by atoms with E-state index in [4.69, 9.17) is 9.47 Å². The van der Waals surface area contributed by atoms with Crippen molar-refractivity contribution in [3.8, 4) is 0 Å². The van der Waals surface area contributed by atoms with Crippen molar-refractivity contribution in [3.63, 3.8) is 0 Å². The van der Waals surface area contributed by atoms with Crippen LogP contribution in [0.2, 0.25) is 0 Å². The molecule has 21 heavy (non-hydrogen) atoms. The molecule has 2 amide bonds. The largest absolute Gasteiger partial charge is 0.377 e. The van der Waals surface area contributed by atoms with Crippen molar-refractivity contribution >= 4 is 11.7 Å². The monoisotopic (exact) mass is 292 g/mol. The van der Waals surface area contributed by atoms with Gasteiger partial charge in [-0.3, -0.25) is 0 Å². The van der Waals surface area contributed by atoms with E-state index in [0.29, 0.717) is 19.8 Å². The molecule has 2 atom stereocenters. The lowest BCUT2D eigenvalue weighted by atomic mass is 10.1. The lowest BCUT2D eigenvalue weighted by Gasteiger charge is -2.35. The van der Waals surface area contributed by atoms with Crippen molar-refractivity contribution in [2.45, 2.75) is 32.4 Å². The number of morpholine rings is 1. The molecule has 0 saturated carbocycles. The first-order valence-electron chi connectivity index (χ1n) is 7.43. The Hall–Kier alpha value is -1.59. The van der Waals surface area contributed by atoms with Gasteiger partial charge in [-0.05, 0) is 31.0 Å². The second kappa shape index (κ2) is 7.43. The number of amides is 2. The van der Waals surface area contributed by atoms with Gasteiger partial charge in [0.1, 0.15) is 0 Å². The van der Waals surface area contributed by atoms with Crippen LogP contribution in [0.1, 0.15) is 31.9 Å². The predicted octanol–water partition coefficient (Wildman–Crippen LogP) is 3.04. The van der Waals surface area contributed by atoms with Gasteiger partial charge in [-0.15, -0.1) is 0 Å². The summed E-state index contributed by atoms with van der Waals surface area (Å²) in [6, 6.07) is 7.86. The Bertz CT molecular complexity index is 478. The van der Waals surface area contributed by atoms with Crippen LogP contribution >= 0.6 is 0 Å². The minimum Gasteiger partial charge on any atom is -0.377 e. The number of nitrogens with zero attached hydrogens (tertiary/aromatic N) is 1. The average molecular weight is 292 g/mol. The Balaban J connectivity index is 2.05. The fourth-order valence-corrected chi connectivity index (χ4v) is 2.46. The van der Waals surface area contributed by atoms with Crippen LogP contribution in [0, 0.1) is 0 Å². The predicted molar refractivity (Wildman–Crippen MR) is 82.5 cm³/mol. The zero-order chi connectivity index (χ0) is 15.2. The number of benzene rings is 1. The summed E-state index contributed by atoms with van der Waals surface area (Å²) in [4.78, 5) is 14.3. The molecule has 1 heterocycles. The summed E-state index contributed by atoms with van der Waals surface area (Å²) in [6.07, 6.45) is 0.905. The van der Waals surface area contributed by atoms with E-state index in [1.165, 1.54) is 0 Å². The highest BCUT2D eigenvalue weighted by atomic mass is 16.5. The molecule has 1 fully saturated rings. The van der Waals surface area contributed by atoms with Crippen LogP contribution in [0.5, 0.6) is 0 Å². The molecule has 1 aliphatic heterocycles. The highest BCUT2D eigenvalue weighted by Crippen LogP contribution is 2.20. The Kier molecular flexibility index (Phi) is 5.59. The average Bonchev–Trinajstić information content (AvgIpc) is 2.54. The number of carbonyl (C=O) groups is 1. The molecule has 1 aromatic rings. The molecule has 1 saturated heterocycles. The molecule has 5 nitrogen and oxygen atoms in total. The first kappa shape index (κ1) is 15.8. The molecule has 0 spiro atoms. The molecule has 5 heteroatoms. The molecule has 0 radical (unpaired) electrons. The first-order valence-corrected chi connectivity index (χ1v) is 7.43. The van der Waals surface area contributed by atoms with Gasteiger partial charge in [0.25, 0.3) is 0 Å². The van der Waals surface area contributed by atoms with E-state index in [1.807, 2.05) is 36.1 Å². The molecule has 0 aliphatic carbocycles. The summed E-state index contributed by atoms with van der Waals surface area (Å²) in [5.41, 5.74) is 1.84. The van der Waals surface area contributed by atoms with Gasteiger partial charge in [0.2, 0.25) is 0 Å². The Morgan fingerprint density at radius 3 is 3.10 bits per heavy atom. The zero-order valence-electron chi connectivity index (χ0n) is 13.0. The Morgan fingerprint density at radius 1 is 1.57 bits per heavy atom. The summed E-state index contributed by atoms with van der Waals surface area (Å²) < 4.78 is 10.7. The minimum absolute atomic E-state index is 0.00799. The summed E-state index contributed by atoms with van der Waals surface area (Å²) in [5, 5.41) is 2.97. The van der Waals surface area contributed by atoms with Crippen LogP contribution < -0.4 is 5.32 Å². The normalized spacial score (nSPS) is 20.1. The van der Waals surface area contributed by atoms with Crippen LogP contribution in [0.15, 0.2) is 24.3 Å². The van der Waals surface area contributed by atoms with E-state index in [2.05, 4.69) is 12.2 Å². The molecule has 116 valence electrons. The number of rotatable bonds is 4. The first-order chi connectivity index (χ1) is 10.2. The van der Waals surface area contributed by atoms with Gasteiger partial charge in [-0.2, -0.15) is 0 Å². The molecule has 0 aromatic heterocycles. The molecule has 1 N–H and O–H groups in total. The summed E-state index contributed by atoms with van der Waals surface area (Å²) in [7, 11) is 1.68.